The quantitative estimate of drug-likeness (QED) is 0.774. The number of hydrogen-bond acceptors (Lipinski definition) is 2. The molecule has 0 heterocycles. The molecular weight excluding hydrogens is 350 g/mol. The predicted octanol–water partition coefficient (Wildman–Crippen LogP) is 5.47. The average Bonchev–Trinajstić information content (AvgIpc) is 2.43. The number of ether oxygens (including phenoxy) is 1. The van der Waals surface area contributed by atoms with E-state index in [2.05, 4.69) is 39.4 Å². The van der Waals surface area contributed by atoms with Gasteiger partial charge in [-0.1, -0.05) is 39.7 Å². The Morgan fingerprint density at radius 3 is 2.52 bits per heavy atom. The van der Waals surface area contributed by atoms with Gasteiger partial charge in [0, 0.05) is 27.3 Å². The molecule has 4 heteroatoms. The second-order valence-corrected chi connectivity index (χ2v) is 6.79. The van der Waals surface area contributed by atoms with Crippen LogP contribution in [-0.4, -0.2) is 13.2 Å². The summed E-state index contributed by atoms with van der Waals surface area (Å²) >= 11 is 9.43. The predicted molar refractivity (Wildman–Crippen MR) is 91.5 cm³/mol. The second-order valence-electron chi connectivity index (χ2n) is 5.44. The number of nitrogens with one attached hydrogen (secondary N) is 1. The van der Waals surface area contributed by atoms with Crippen molar-refractivity contribution in [2.75, 3.05) is 12.4 Å². The summed E-state index contributed by atoms with van der Waals surface area (Å²) in [6, 6.07) is 14.8. The van der Waals surface area contributed by atoms with Gasteiger partial charge in [-0.2, -0.15) is 0 Å². The van der Waals surface area contributed by atoms with E-state index in [1.807, 2.05) is 24.3 Å². The first-order valence-corrected chi connectivity index (χ1v) is 8.18. The van der Waals surface area contributed by atoms with E-state index in [0.29, 0.717) is 12.0 Å². The van der Waals surface area contributed by atoms with E-state index in [1.54, 1.807) is 7.11 Å². The lowest BCUT2D eigenvalue weighted by Gasteiger charge is -2.37. The van der Waals surface area contributed by atoms with Crippen LogP contribution in [-0.2, 0) is 0 Å². The lowest BCUT2D eigenvalue weighted by Crippen LogP contribution is -2.33. The van der Waals surface area contributed by atoms with Crippen LogP contribution in [0.15, 0.2) is 46.9 Å². The zero-order chi connectivity index (χ0) is 14.8. The van der Waals surface area contributed by atoms with Crippen LogP contribution in [0.4, 0.5) is 5.69 Å². The Hall–Kier alpha value is -1.19. The summed E-state index contributed by atoms with van der Waals surface area (Å²) in [4.78, 5) is 0. The van der Waals surface area contributed by atoms with Gasteiger partial charge >= 0.3 is 0 Å². The third-order valence-corrected chi connectivity index (χ3v) is 4.67. The first-order valence-electron chi connectivity index (χ1n) is 7.00. The molecule has 2 aromatic carbocycles. The van der Waals surface area contributed by atoms with E-state index in [0.717, 1.165) is 33.8 Å². The minimum atomic E-state index is 0.518. The van der Waals surface area contributed by atoms with Crippen molar-refractivity contribution >= 4 is 33.2 Å². The number of methoxy groups -OCH3 is 1. The third kappa shape index (κ3) is 3.53. The number of benzene rings is 2. The van der Waals surface area contributed by atoms with E-state index in [1.165, 1.54) is 5.56 Å². The normalized spacial score (nSPS) is 20.7. The van der Waals surface area contributed by atoms with Crippen molar-refractivity contribution < 1.29 is 4.74 Å². The molecule has 0 saturated heterocycles. The van der Waals surface area contributed by atoms with E-state index >= 15 is 0 Å². The van der Waals surface area contributed by atoms with E-state index in [4.69, 9.17) is 16.3 Å². The number of halogens is 2. The van der Waals surface area contributed by atoms with Gasteiger partial charge in [0.2, 0.25) is 0 Å². The molecule has 21 heavy (non-hydrogen) atoms. The van der Waals surface area contributed by atoms with Crippen molar-refractivity contribution in [2.45, 2.75) is 24.8 Å². The van der Waals surface area contributed by atoms with Gasteiger partial charge < -0.3 is 10.1 Å². The molecule has 0 atom stereocenters. The Labute approximate surface area is 138 Å². The van der Waals surface area contributed by atoms with Crippen LogP contribution in [0.5, 0.6) is 5.75 Å². The molecule has 0 unspecified atom stereocenters. The fraction of sp³-hybridized carbons (Fsp3) is 0.294. The molecule has 2 aromatic rings. The summed E-state index contributed by atoms with van der Waals surface area (Å²) in [5, 5.41) is 4.37. The van der Waals surface area contributed by atoms with Gasteiger partial charge in [-0.3, -0.25) is 0 Å². The van der Waals surface area contributed by atoms with Gasteiger partial charge in [0.05, 0.1) is 7.11 Å². The molecule has 2 nitrogen and oxygen atoms in total. The summed E-state index contributed by atoms with van der Waals surface area (Å²) < 4.78 is 6.31. The molecule has 0 aliphatic heterocycles. The SMILES string of the molecule is COc1cc(Br)cc(NC2CC(c3ccc(Cl)cc3)C2)c1. The lowest BCUT2D eigenvalue weighted by atomic mass is 9.76. The fourth-order valence-corrected chi connectivity index (χ4v) is 3.34. The maximum absolute atomic E-state index is 5.93. The van der Waals surface area contributed by atoms with Crippen LogP contribution in [0.2, 0.25) is 5.02 Å². The van der Waals surface area contributed by atoms with Crippen molar-refractivity contribution in [1.82, 2.24) is 0 Å². The Morgan fingerprint density at radius 2 is 1.86 bits per heavy atom. The fourth-order valence-electron chi connectivity index (χ4n) is 2.74. The molecule has 0 spiro atoms. The van der Waals surface area contributed by atoms with Crippen LogP contribution < -0.4 is 10.1 Å². The van der Waals surface area contributed by atoms with Crippen molar-refractivity contribution in [3.63, 3.8) is 0 Å². The largest absolute Gasteiger partial charge is 0.497 e. The molecule has 0 bridgehead atoms. The number of rotatable bonds is 4. The highest BCUT2D eigenvalue weighted by molar-refractivity contribution is 9.10. The highest BCUT2D eigenvalue weighted by Gasteiger charge is 2.30. The van der Waals surface area contributed by atoms with Crippen LogP contribution in [0.25, 0.3) is 0 Å². The molecule has 110 valence electrons. The Balaban J connectivity index is 1.59. The molecule has 1 N–H and O–H groups in total. The van der Waals surface area contributed by atoms with Crippen molar-refractivity contribution in [3.8, 4) is 5.75 Å². The summed E-state index contributed by atoms with van der Waals surface area (Å²) in [5.74, 6) is 1.49. The molecule has 0 aromatic heterocycles. The zero-order valence-corrected chi connectivity index (χ0v) is 14.1. The van der Waals surface area contributed by atoms with Gasteiger partial charge in [-0.15, -0.1) is 0 Å². The van der Waals surface area contributed by atoms with Gasteiger partial charge in [-0.25, -0.2) is 0 Å². The summed E-state index contributed by atoms with van der Waals surface area (Å²) in [5.41, 5.74) is 2.48. The van der Waals surface area contributed by atoms with Gasteiger partial charge in [0.15, 0.2) is 0 Å². The maximum atomic E-state index is 5.93. The molecule has 3 rings (SSSR count). The van der Waals surface area contributed by atoms with Crippen molar-refractivity contribution in [1.29, 1.82) is 0 Å². The minimum absolute atomic E-state index is 0.518. The van der Waals surface area contributed by atoms with Crippen LogP contribution in [0.3, 0.4) is 0 Å². The van der Waals surface area contributed by atoms with Crippen LogP contribution >= 0.6 is 27.5 Å². The molecule has 1 aliphatic rings. The van der Waals surface area contributed by atoms with Crippen molar-refractivity contribution in [3.05, 3.63) is 57.5 Å². The highest BCUT2D eigenvalue weighted by atomic mass is 79.9. The Bertz CT molecular complexity index is 623. The Morgan fingerprint density at radius 1 is 1.14 bits per heavy atom. The second kappa shape index (κ2) is 6.29. The van der Waals surface area contributed by atoms with Crippen molar-refractivity contribution in [2.24, 2.45) is 0 Å². The van der Waals surface area contributed by atoms with Crippen LogP contribution in [0, 0.1) is 0 Å². The minimum Gasteiger partial charge on any atom is -0.497 e. The monoisotopic (exact) mass is 365 g/mol. The maximum Gasteiger partial charge on any atom is 0.122 e. The zero-order valence-electron chi connectivity index (χ0n) is 11.8. The molecule has 0 radical (unpaired) electrons. The highest BCUT2D eigenvalue weighted by Crippen LogP contribution is 2.39. The van der Waals surface area contributed by atoms with Crippen LogP contribution in [0.1, 0.15) is 24.3 Å². The van der Waals surface area contributed by atoms with E-state index in [9.17, 15) is 0 Å². The number of hydrogen-bond donors (Lipinski definition) is 1. The summed E-state index contributed by atoms with van der Waals surface area (Å²) in [6.07, 6.45) is 2.30. The lowest BCUT2D eigenvalue weighted by molar-refractivity contribution is 0.374. The Kier molecular flexibility index (Phi) is 4.41. The smallest absolute Gasteiger partial charge is 0.122 e. The van der Waals surface area contributed by atoms with Gasteiger partial charge in [-0.05, 0) is 48.6 Å². The van der Waals surface area contributed by atoms with Gasteiger partial charge in [0.1, 0.15) is 5.75 Å². The molecule has 1 fully saturated rings. The third-order valence-electron chi connectivity index (χ3n) is 3.96. The standard InChI is InChI=1S/C17H17BrClNO/c1-21-17-9-13(18)8-16(10-17)20-15-6-12(7-15)11-2-4-14(19)5-3-11/h2-5,8-10,12,15,20H,6-7H2,1H3. The molecular formula is C17H17BrClNO. The summed E-state index contributed by atoms with van der Waals surface area (Å²) in [6.45, 7) is 0. The van der Waals surface area contributed by atoms with Gasteiger partial charge in [0.25, 0.3) is 0 Å². The topological polar surface area (TPSA) is 21.3 Å². The molecule has 0 amide bonds. The van der Waals surface area contributed by atoms with E-state index in [-0.39, 0.29) is 0 Å². The number of anilines is 1. The van der Waals surface area contributed by atoms with E-state index < -0.39 is 0 Å². The molecule has 1 aliphatic carbocycles. The first kappa shape index (κ1) is 14.7. The summed E-state index contributed by atoms with van der Waals surface area (Å²) in [7, 11) is 1.69. The average molecular weight is 367 g/mol. The molecule has 1 saturated carbocycles. The first-order chi connectivity index (χ1) is 10.1.